The maximum absolute atomic E-state index is 11.5. The number of aromatic nitrogens is 1. The van der Waals surface area contributed by atoms with Gasteiger partial charge in [-0.3, -0.25) is 4.79 Å². The van der Waals surface area contributed by atoms with E-state index in [9.17, 15) is 4.79 Å². The molecule has 17 heavy (non-hydrogen) atoms. The van der Waals surface area contributed by atoms with Gasteiger partial charge in [0.15, 0.2) is 0 Å². The minimum atomic E-state index is -0.414. The van der Waals surface area contributed by atoms with Gasteiger partial charge >= 0.3 is 0 Å². The normalized spacial score (nSPS) is 19.3. The number of carbonyl (C=O) groups is 1. The summed E-state index contributed by atoms with van der Waals surface area (Å²) in [6, 6.07) is 2.19. The van der Waals surface area contributed by atoms with Crippen LogP contribution in [0.1, 0.15) is 22.3 Å². The molecule has 0 saturated carbocycles. The summed E-state index contributed by atoms with van der Waals surface area (Å²) in [5.41, 5.74) is 6.84. The van der Waals surface area contributed by atoms with E-state index in [0.29, 0.717) is 17.4 Å². The molecule has 0 spiro atoms. The number of nitrogens with one attached hydrogen (secondary N) is 1. The van der Waals surface area contributed by atoms with Crippen LogP contribution in [0, 0.1) is 6.92 Å². The molecule has 0 aliphatic carbocycles. The average molecular weight is 234 g/mol. The molecule has 1 aromatic heterocycles. The number of primary amides is 1. The van der Waals surface area contributed by atoms with E-state index in [1.807, 2.05) is 24.9 Å². The summed E-state index contributed by atoms with van der Waals surface area (Å²) in [4.78, 5) is 17.9. The molecule has 1 aromatic rings. The standard InChI is InChI=1S/C12H18N4O/c1-8-3-6-15-12(10(8)11(13)17)16(2)9-4-5-14-7-9/h3,6,9,14H,4-5,7H2,1-2H3,(H2,13,17). The van der Waals surface area contributed by atoms with Gasteiger partial charge in [-0.05, 0) is 31.5 Å². The fourth-order valence-electron chi connectivity index (χ4n) is 2.26. The topological polar surface area (TPSA) is 71.2 Å². The van der Waals surface area contributed by atoms with Crippen LogP contribution in [0.15, 0.2) is 12.3 Å². The molecule has 5 heteroatoms. The van der Waals surface area contributed by atoms with Crippen molar-refractivity contribution in [3.05, 3.63) is 23.4 Å². The zero-order valence-corrected chi connectivity index (χ0v) is 10.2. The lowest BCUT2D eigenvalue weighted by Gasteiger charge is -2.26. The third-order valence-corrected chi connectivity index (χ3v) is 3.30. The number of carbonyl (C=O) groups excluding carboxylic acids is 1. The van der Waals surface area contributed by atoms with Crippen molar-refractivity contribution in [1.29, 1.82) is 0 Å². The molecular formula is C12H18N4O. The number of nitrogens with two attached hydrogens (primary N) is 1. The molecule has 1 saturated heterocycles. The Morgan fingerprint density at radius 1 is 1.65 bits per heavy atom. The van der Waals surface area contributed by atoms with Crippen molar-refractivity contribution in [3.8, 4) is 0 Å². The maximum Gasteiger partial charge on any atom is 0.252 e. The highest BCUT2D eigenvalue weighted by Crippen LogP contribution is 2.22. The summed E-state index contributed by atoms with van der Waals surface area (Å²) < 4.78 is 0. The lowest BCUT2D eigenvalue weighted by atomic mass is 10.1. The van der Waals surface area contributed by atoms with E-state index < -0.39 is 5.91 Å². The van der Waals surface area contributed by atoms with E-state index in [1.165, 1.54) is 0 Å². The number of rotatable bonds is 3. The summed E-state index contributed by atoms with van der Waals surface area (Å²) >= 11 is 0. The maximum atomic E-state index is 11.5. The molecule has 1 aliphatic heterocycles. The first kappa shape index (κ1) is 11.9. The minimum absolute atomic E-state index is 0.377. The fourth-order valence-corrected chi connectivity index (χ4v) is 2.26. The van der Waals surface area contributed by atoms with Crippen LogP contribution in [-0.2, 0) is 0 Å². The molecule has 1 amide bonds. The number of nitrogens with zero attached hydrogens (tertiary/aromatic N) is 2. The molecule has 1 atom stereocenters. The van der Waals surface area contributed by atoms with Crippen LogP contribution in [0.4, 0.5) is 5.82 Å². The number of amides is 1. The molecule has 5 nitrogen and oxygen atoms in total. The highest BCUT2D eigenvalue weighted by Gasteiger charge is 2.24. The van der Waals surface area contributed by atoms with Gasteiger partial charge in [0.25, 0.3) is 5.91 Å². The molecule has 2 heterocycles. The number of hydrogen-bond acceptors (Lipinski definition) is 4. The predicted octanol–water partition coefficient (Wildman–Crippen LogP) is 0.287. The summed E-state index contributed by atoms with van der Waals surface area (Å²) in [5, 5.41) is 3.30. The lowest BCUT2D eigenvalue weighted by molar-refractivity contribution is 0.1000. The Labute approximate surface area is 101 Å². The Kier molecular flexibility index (Phi) is 3.28. The van der Waals surface area contributed by atoms with E-state index in [4.69, 9.17) is 5.73 Å². The lowest BCUT2D eigenvalue weighted by Crippen LogP contribution is -2.35. The molecule has 0 aromatic carbocycles. The van der Waals surface area contributed by atoms with Crippen LogP contribution in [0.5, 0.6) is 0 Å². The van der Waals surface area contributed by atoms with Gasteiger partial charge in [0.2, 0.25) is 0 Å². The molecule has 3 N–H and O–H groups in total. The van der Waals surface area contributed by atoms with Gasteiger partial charge < -0.3 is 16.0 Å². The second kappa shape index (κ2) is 4.71. The summed E-state index contributed by atoms with van der Waals surface area (Å²) in [5.74, 6) is 0.273. The zero-order valence-electron chi connectivity index (χ0n) is 10.2. The number of hydrogen-bond donors (Lipinski definition) is 2. The summed E-state index contributed by atoms with van der Waals surface area (Å²) in [6.45, 7) is 3.81. The van der Waals surface area contributed by atoms with E-state index in [0.717, 1.165) is 25.1 Å². The van der Waals surface area contributed by atoms with Gasteiger partial charge in [0, 0.05) is 25.8 Å². The molecule has 92 valence electrons. The molecule has 0 bridgehead atoms. The second-order valence-electron chi connectivity index (χ2n) is 4.45. The third-order valence-electron chi connectivity index (χ3n) is 3.30. The van der Waals surface area contributed by atoms with E-state index in [1.54, 1.807) is 6.20 Å². The van der Waals surface area contributed by atoms with Crippen LogP contribution in [0.25, 0.3) is 0 Å². The smallest absolute Gasteiger partial charge is 0.252 e. The summed E-state index contributed by atoms with van der Waals surface area (Å²) in [7, 11) is 1.96. The van der Waals surface area contributed by atoms with Crippen molar-refractivity contribution in [1.82, 2.24) is 10.3 Å². The quantitative estimate of drug-likeness (QED) is 0.788. The van der Waals surface area contributed by atoms with E-state index >= 15 is 0 Å². The van der Waals surface area contributed by atoms with Gasteiger partial charge in [0.1, 0.15) is 5.82 Å². The van der Waals surface area contributed by atoms with Crippen LogP contribution in [0.3, 0.4) is 0 Å². The van der Waals surface area contributed by atoms with Gasteiger partial charge in [-0.25, -0.2) is 4.98 Å². The number of aryl methyl sites for hydroxylation is 1. The molecule has 1 aliphatic rings. The van der Waals surface area contributed by atoms with Crippen molar-refractivity contribution >= 4 is 11.7 Å². The highest BCUT2D eigenvalue weighted by atomic mass is 16.1. The second-order valence-corrected chi connectivity index (χ2v) is 4.45. The Morgan fingerprint density at radius 2 is 2.41 bits per heavy atom. The zero-order chi connectivity index (χ0) is 12.4. The molecular weight excluding hydrogens is 216 g/mol. The Bertz CT molecular complexity index is 427. The Morgan fingerprint density at radius 3 is 3.00 bits per heavy atom. The van der Waals surface area contributed by atoms with Gasteiger partial charge in [-0.2, -0.15) is 0 Å². The number of pyridine rings is 1. The van der Waals surface area contributed by atoms with Crippen molar-refractivity contribution in [2.24, 2.45) is 5.73 Å². The monoisotopic (exact) mass is 234 g/mol. The predicted molar refractivity (Wildman–Crippen MR) is 67.2 cm³/mol. The molecule has 1 fully saturated rings. The number of likely N-dealkylation sites (N-methyl/N-ethyl adjacent to an activating group) is 1. The first-order valence-electron chi connectivity index (χ1n) is 5.80. The van der Waals surface area contributed by atoms with Crippen LogP contribution < -0.4 is 16.0 Å². The fraction of sp³-hybridized carbons (Fsp3) is 0.500. The van der Waals surface area contributed by atoms with E-state index in [-0.39, 0.29) is 0 Å². The van der Waals surface area contributed by atoms with Crippen LogP contribution in [0.2, 0.25) is 0 Å². The van der Waals surface area contributed by atoms with Crippen molar-refractivity contribution < 1.29 is 4.79 Å². The Balaban J connectivity index is 2.36. The van der Waals surface area contributed by atoms with Crippen molar-refractivity contribution in [3.63, 3.8) is 0 Å². The molecule has 0 radical (unpaired) electrons. The van der Waals surface area contributed by atoms with Crippen LogP contribution in [-0.4, -0.2) is 37.1 Å². The van der Waals surface area contributed by atoms with Gasteiger partial charge in [0.05, 0.1) is 5.56 Å². The largest absolute Gasteiger partial charge is 0.365 e. The van der Waals surface area contributed by atoms with Crippen molar-refractivity contribution in [2.45, 2.75) is 19.4 Å². The average Bonchev–Trinajstić information content (AvgIpc) is 2.80. The molecule has 1 unspecified atom stereocenters. The minimum Gasteiger partial charge on any atom is -0.365 e. The van der Waals surface area contributed by atoms with Crippen LogP contribution >= 0.6 is 0 Å². The molecule has 2 rings (SSSR count). The van der Waals surface area contributed by atoms with E-state index in [2.05, 4.69) is 10.3 Å². The first-order chi connectivity index (χ1) is 8.11. The third kappa shape index (κ3) is 2.24. The SMILES string of the molecule is Cc1ccnc(N(C)C2CCNC2)c1C(N)=O. The highest BCUT2D eigenvalue weighted by molar-refractivity contribution is 5.99. The summed E-state index contributed by atoms with van der Waals surface area (Å²) in [6.07, 6.45) is 2.78. The number of anilines is 1. The first-order valence-corrected chi connectivity index (χ1v) is 5.80. The van der Waals surface area contributed by atoms with Gasteiger partial charge in [-0.15, -0.1) is 0 Å². The van der Waals surface area contributed by atoms with Gasteiger partial charge in [-0.1, -0.05) is 0 Å². The Hall–Kier alpha value is -1.62. The van der Waals surface area contributed by atoms with Crippen molar-refractivity contribution in [2.75, 3.05) is 25.0 Å².